The van der Waals surface area contributed by atoms with Gasteiger partial charge in [0.05, 0.1) is 6.54 Å². The van der Waals surface area contributed by atoms with Gasteiger partial charge in [-0.2, -0.15) is 5.10 Å². The van der Waals surface area contributed by atoms with Gasteiger partial charge in [0, 0.05) is 17.5 Å². The van der Waals surface area contributed by atoms with Crippen LogP contribution in [0.2, 0.25) is 0 Å². The fourth-order valence-corrected chi connectivity index (χ4v) is 2.99. The number of thiophene rings is 1. The van der Waals surface area contributed by atoms with Crippen LogP contribution >= 0.6 is 11.3 Å². The van der Waals surface area contributed by atoms with Gasteiger partial charge in [0.2, 0.25) is 0 Å². The van der Waals surface area contributed by atoms with Crippen LogP contribution in [0.25, 0.3) is 0 Å². The highest BCUT2D eigenvalue weighted by molar-refractivity contribution is 7.09. The summed E-state index contributed by atoms with van der Waals surface area (Å²) in [5.41, 5.74) is 0.980. The summed E-state index contributed by atoms with van der Waals surface area (Å²) in [6.07, 6.45) is 0.785. The Kier molecular flexibility index (Phi) is 5.18. The molecule has 0 spiro atoms. The number of hydrogen-bond donors (Lipinski definition) is 1. The molecule has 0 aliphatic carbocycles. The van der Waals surface area contributed by atoms with Crippen molar-refractivity contribution in [2.45, 2.75) is 13.0 Å². The lowest BCUT2D eigenvalue weighted by molar-refractivity contribution is 0.0946. The van der Waals surface area contributed by atoms with Gasteiger partial charge in [0.15, 0.2) is 0 Å². The van der Waals surface area contributed by atoms with E-state index in [0.29, 0.717) is 13.1 Å². The highest BCUT2D eigenvalue weighted by atomic mass is 32.1. The summed E-state index contributed by atoms with van der Waals surface area (Å²) in [4.78, 5) is 25.4. The molecular weight excluding hydrogens is 322 g/mol. The molecule has 0 fully saturated rings. The zero-order valence-electron chi connectivity index (χ0n) is 13.0. The number of carbonyl (C=O) groups is 1. The molecule has 0 saturated heterocycles. The third-order valence-corrected chi connectivity index (χ3v) is 4.45. The van der Waals surface area contributed by atoms with E-state index >= 15 is 0 Å². The molecule has 0 aliphatic heterocycles. The van der Waals surface area contributed by atoms with Crippen LogP contribution in [0.1, 0.15) is 20.9 Å². The van der Waals surface area contributed by atoms with Gasteiger partial charge in [-0.1, -0.05) is 36.4 Å². The largest absolute Gasteiger partial charge is 0.350 e. The van der Waals surface area contributed by atoms with Gasteiger partial charge in [0.25, 0.3) is 11.5 Å². The summed E-state index contributed by atoms with van der Waals surface area (Å²) in [5.74, 6) is -0.270. The van der Waals surface area contributed by atoms with E-state index in [2.05, 4.69) is 10.4 Å². The molecule has 6 heteroatoms. The van der Waals surface area contributed by atoms with Crippen molar-refractivity contribution in [1.82, 2.24) is 15.1 Å². The summed E-state index contributed by atoms with van der Waals surface area (Å²) in [6, 6.07) is 16.4. The van der Waals surface area contributed by atoms with E-state index < -0.39 is 0 Å². The van der Waals surface area contributed by atoms with Gasteiger partial charge in [-0.05, 0) is 29.5 Å². The Morgan fingerprint density at radius 1 is 1.08 bits per heavy atom. The lowest BCUT2D eigenvalue weighted by Crippen LogP contribution is -2.30. The van der Waals surface area contributed by atoms with Crippen molar-refractivity contribution in [3.63, 3.8) is 0 Å². The molecule has 5 nitrogen and oxygen atoms in total. The number of benzene rings is 1. The maximum atomic E-state index is 12.2. The first-order valence-electron chi connectivity index (χ1n) is 7.65. The Morgan fingerprint density at radius 2 is 1.92 bits per heavy atom. The van der Waals surface area contributed by atoms with Crippen LogP contribution in [-0.2, 0) is 13.0 Å². The number of nitrogens with zero attached hydrogens (tertiary/aromatic N) is 2. The van der Waals surface area contributed by atoms with Crippen molar-refractivity contribution >= 4 is 17.2 Å². The van der Waals surface area contributed by atoms with Gasteiger partial charge in [-0.15, -0.1) is 11.3 Å². The molecule has 1 aromatic carbocycles. The Balaban J connectivity index is 1.66. The van der Waals surface area contributed by atoms with Crippen molar-refractivity contribution in [2.75, 3.05) is 6.54 Å². The minimum absolute atomic E-state index is 0.228. The van der Waals surface area contributed by atoms with E-state index in [0.717, 1.165) is 12.0 Å². The predicted molar refractivity (Wildman–Crippen MR) is 94.4 cm³/mol. The van der Waals surface area contributed by atoms with Crippen molar-refractivity contribution in [3.8, 4) is 0 Å². The van der Waals surface area contributed by atoms with Crippen LogP contribution in [-0.4, -0.2) is 22.2 Å². The van der Waals surface area contributed by atoms with Gasteiger partial charge in [0.1, 0.15) is 5.69 Å². The second-order valence-corrected chi connectivity index (χ2v) is 6.32. The number of carbonyl (C=O) groups excluding carboxylic acids is 1. The van der Waals surface area contributed by atoms with Crippen LogP contribution in [0.15, 0.2) is 64.8 Å². The predicted octanol–water partition coefficient (Wildman–Crippen LogP) is 2.33. The molecule has 2 heterocycles. The molecule has 3 rings (SSSR count). The number of amides is 1. The van der Waals surface area contributed by atoms with Gasteiger partial charge in [-0.25, -0.2) is 4.68 Å². The maximum Gasteiger partial charge on any atom is 0.271 e. The monoisotopic (exact) mass is 339 g/mol. The van der Waals surface area contributed by atoms with Crippen LogP contribution in [0.5, 0.6) is 0 Å². The molecule has 3 aromatic rings. The lowest BCUT2D eigenvalue weighted by Gasteiger charge is -2.08. The number of aromatic nitrogens is 2. The number of rotatable bonds is 6. The van der Waals surface area contributed by atoms with Crippen molar-refractivity contribution in [3.05, 3.63) is 86.5 Å². The van der Waals surface area contributed by atoms with E-state index in [1.807, 2.05) is 47.8 Å². The molecule has 24 heavy (non-hydrogen) atoms. The number of hydrogen-bond acceptors (Lipinski definition) is 4. The fourth-order valence-electron chi connectivity index (χ4n) is 2.28. The standard InChI is InChI=1S/C18H17N3O2S/c22-17-9-8-16(18(23)19-11-10-15-7-4-12-24-15)20-21(17)13-14-5-2-1-3-6-14/h1-9,12H,10-11,13H2,(H,19,23). The molecule has 0 radical (unpaired) electrons. The van der Waals surface area contributed by atoms with Crippen molar-refractivity contribution in [1.29, 1.82) is 0 Å². The first-order chi connectivity index (χ1) is 11.7. The summed E-state index contributed by atoms with van der Waals surface area (Å²) in [7, 11) is 0. The van der Waals surface area contributed by atoms with Gasteiger partial charge < -0.3 is 5.32 Å². The first-order valence-corrected chi connectivity index (χ1v) is 8.53. The topological polar surface area (TPSA) is 64.0 Å². The molecule has 0 unspecified atom stereocenters. The second kappa shape index (κ2) is 7.70. The van der Waals surface area contributed by atoms with E-state index in [1.165, 1.54) is 21.7 Å². The molecule has 1 N–H and O–H groups in total. The smallest absolute Gasteiger partial charge is 0.271 e. The summed E-state index contributed by atoms with van der Waals surface area (Å²) >= 11 is 1.66. The molecule has 122 valence electrons. The molecule has 1 amide bonds. The highest BCUT2D eigenvalue weighted by Gasteiger charge is 2.09. The quantitative estimate of drug-likeness (QED) is 0.750. The van der Waals surface area contributed by atoms with Crippen LogP contribution in [0.4, 0.5) is 0 Å². The highest BCUT2D eigenvalue weighted by Crippen LogP contribution is 2.08. The fraction of sp³-hybridized carbons (Fsp3) is 0.167. The average molecular weight is 339 g/mol. The van der Waals surface area contributed by atoms with Gasteiger partial charge >= 0.3 is 0 Å². The van der Waals surface area contributed by atoms with E-state index in [9.17, 15) is 9.59 Å². The Labute approximate surface area is 143 Å². The van der Waals surface area contributed by atoms with E-state index in [4.69, 9.17) is 0 Å². The third-order valence-electron chi connectivity index (χ3n) is 3.51. The van der Waals surface area contributed by atoms with E-state index in [1.54, 1.807) is 11.3 Å². The van der Waals surface area contributed by atoms with Crippen molar-refractivity contribution < 1.29 is 4.79 Å². The van der Waals surface area contributed by atoms with Crippen LogP contribution < -0.4 is 10.9 Å². The first kappa shape index (κ1) is 16.1. The van der Waals surface area contributed by atoms with Crippen LogP contribution in [0.3, 0.4) is 0 Å². The molecule has 0 atom stereocenters. The summed E-state index contributed by atoms with van der Waals surface area (Å²) < 4.78 is 1.31. The Bertz CT molecular complexity index is 857. The Hall–Kier alpha value is -2.73. The average Bonchev–Trinajstić information content (AvgIpc) is 3.11. The molecule has 0 aliphatic rings. The SMILES string of the molecule is O=C(NCCc1cccs1)c1ccc(=O)n(Cc2ccccc2)n1. The van der Waals surface area contributed by atoms with Gasteiger partial charge in [-0.3, -0.25) is 9.59 Å². The van der Waals surface area contributed by atoms with E-state index in [-0.39, 0.29) is 17.2 Å². The third kappa shape index (κ3) is 4.17. The normalized spacial score (nSPS) is 10.5. The molecule has 2 aromatic heterocycles. The zero-order valence-corrected chi connectivity index (χ0v) is 13.8. The van der Waals surface area contributed by atoms with Crippen molar-refractivity contribution in [2.24, 2.45) is 0 Å². The minimum atomic E-state index is -0.270. The summed E-state index contributed by atoms with van der Waals surface area (Å²) in [5, 5.41) is 9.03. The molecule has 0 bridgehead atoms. The number of nitrogens with one attached hydrogen (secondary N) is 1. The summed E-state index contributed by atoms with van der Waals surface area (Å²) in [6.45, 7) is 0.884. The second-order valence-electron chi connectivity index (χ2n) is 5.29. The lowest BCUT2D eigenvalue weighted by atomic mass is 10.2. The maximum absolute atomic E-state index is 12.2. The molecular formula is C18H17N3O2S. The Morgan fingerprint density at radius 3 is 2.67 bits per heavy atom. The van der Waals surface area contributed by atoms with Crippen LogP contribution in [0, 0.1) is 0 Å². The zero-order chi connectivity index (χ0) is 16.8. The molecule has 0 saturated carbocycles. The minimum Gasteiger partial charge on any atom is -0.350 e.